The number of halogens is 1. The van der Waals surface area contributed by atoms with Crippen LogP contribution in [0.1, 0.15) is 18.4 Å². The summed E-state index contributed by atoms with van der Waals surface area (Å²) in [5.74, 6) is -1.29. The number of nitriles is 1. The normalized spacial score (nSPS) is 29.5. The molecule has 0 aromatic heterocycles. The van der Waals surface area contributed by atoms with Crippen LogP contribution in [0.5, 0.6) is 0 Å². The monoisotopic (exact) mass is 281 g/mol. The maximum Gasteiger partial charge on any atom is 0.155 e. The number of carbonyl (C=O) groups excluding carboxylic acids is 1. The molecular formula is C13H12FNO3S. The van der Waals surface area contributed by atoms with Gasteiger partial charge in [-0.15, -0.1) is 0 Å². The van der Waals surface area contributed by atoms with Crippen LogP contribution in [0.25, 0.3) is 0 Å². The summed E-state index contributed by atoms with van der Waals surface area (Å²) in [5, 5.41) is 8.12. The quantitative estimate of drug-likeness (QED) is 0.782. The van der Waals surface area contributed by atoms with Crippen LogP contribution in [0.2, 0.25) is 0 Å². The molecule has 0 amide bonds. The van der Waals surface area contributed by atoms with E-state index in [1.54, 1.807) is 0 Å². The van der Waals surface area contributed by atoms with Gasteiger partial charge in [0.1, 0.15) is 17.5 Å². The molecule has 2 rings (SSSR count). The van der Waals surface area contributed by atoms with E-state index >= 15 is 0 Å². The molecule has 1 fully saturated rings. The average molecular weight is 281 g/mol. The highest BCUT2D eigenvalue weighted by atomic mass is 32.2. The fourth-order valence-corrected chi connectivity index (χ4v) is 4.41. The Bertz CT molecular complexity index is 647. The first-order chi connectivity index (χ1) is 8.93. The minimum absolute atomic E-state index is 0.132. The van der Waals surface area contributed by atoms with Gasteiger partial charge in [-0.3, -0.25) is 0 Å². The predicted molar refractivity (Wildman–Crippen MR) is 66.5 cm³/mol. The minimum atomic E-state index is -3.51. The van der Waals surface area contributed by atoms with Gasteiger partial charge in [-0.25, -0.2) is 12.8 Å². The van der Waals surface area contributed by atoms with Gasteiger partial charge in [0.2, 0.25) is 0 Å². The fraction of sp³-hybridized carbons (Fsp3) is 0.385. The van der Waals surface area contributed by atoms with Gasteiger partial charge in [0.25, 0.3) is 0 Å². The molecule has 0 heterocycles. The van der Waals surface area contributed by atoms with Crippen LogP contribution in [0, 0.1) is 22.6 Å². The smallest absolute Gasteiger partial charge is 0.155 e. The summed E-state index contributed by atoms with van der Waals surface area (Å²) < 4.78 is 36.8. The van der Waals surface area contributed by atoms with Crippen molar-refractivity contribution in [2.24, 2.45) is 5.41 Å². The molecule has 0 spiro atoms. The minimum Gasteiger partial charge on any atom is -0.302 e. The Hall–Kier alpha value is -1.74. The van der Waals surface area contributed by atoms with Gasteiger partial charge in [-0.2, -0.15) is 5.26 Å². The summed E-state index contributed by atoms with van der Waals surface area (Å²) in [7, 11) is -3.51. The maximum atomic E-state index is 12.9. The first kappa shape index (κ1) is 13.7. The molecule has 6 heteroatoms. The second-order valence-electron chi connectivity index (χ2n) is 4.56. The lowest BCUT2D eigenvalue weighted by Crippen LogP contribution is -2.17. The molecule has 0 saturated heterocycles. The van der Waals surface area contributed by atoms with E-state index in [9.17, 15) is 17.6 Å². The molecule has 1 aromatic rings. The molecule has 0 N–H and O–H groups in total. The highest BCUT2D eigenvalue weighted by Gasteiger charge is 2.72. The van der Waals surface area contributed by atoms with E-state index in [2.05, 4.69) is 0 Å². The van der Waals surface area contributed by atoms with Gasteiger partial charge in [0.05, 0.1) is 11.3 Å². The topological polar surface area (TPSA) is 75.0 Å². The van der Waals surface area contributed by atoms with Gasteiger partial charge in [0.15, 0.2) is 9.84 Å². The summed E-state index contributed by atoms with van der Waals surface area (Å²) >= 11 is 0. The Morgan fingerprint density at radius 2 is 2.00 bits per heavy atom. The van der Waals surface area contributed by atoms with Crippen LogP contribution < -0.4 is 0 Å². The number of hydrogen-bond donors (Lipinski definition) is 0. The van der Waals surface area contributed by atoms with Crippen LogP contribution in [0.4, 0.5) is 4.39 Å². The summed E-state index contributed by atoms with van der Waals surface area (Å²) in [4.78, 5) is 11.2. The Morgan fingerprint density at radius 3 is 2.42 bits per heavy atom. The zero-order chi connectivity index (χ0) is 14.3. The molecule has 0 bridgehead atoms. The number of nitrogens with zero attached hydrogens (tertiary/aromatic N) is 1. The van der Waals surface area contributed by atoms with Gasteiger partial charge in [-0.05, 0) is 17.7 Å². The molecule has 100 valence electrons. The van der Waals surface area contributed by atoms with Crippen LogP contribution in [-0.4, -0.2) is 25.7 Å². The van der Waals surface area contributed by atoms with Crippen molar-refractivity contribution < 1.29 is 17.6 Å². The first-order valence-electron chi connectivity index (χ1n) is 5.77. The van der Waals surface area contributed by atoms with Crippen molar-refractivity contribution in [2.45, 2.75) is 18.1 Å². The molecule has 3 atom stereocenters. The third-order valence-electron chi connectivity index (χ3n) is 3.59. The number of carbonyl (C=O) groups is 1. The lowest BCUT2D eigenvalue weighted by molar-refractivity contribution is -0.110. The van der Waals surface area contributed by atoms with Crippen molar-refractivity contribution in [3.63, 3.8) is 0 Å². The maximum absolute atomic E-state index is 12.9. The zero-order valence-corrected chi connectivity index (χ0v) is 11.0. The Balaban J connectivity index is 2.49. The van der Waals surface area contributed by atoms with Crippen LogP contribution >= 0.6 is 0 Å². The number of hydrogen-bond acceptors (Lipinski definition) is 4. The molecule has 19 heavy (non-hydrogen) atoms. The van der Waals surface area contributed by atoms with Crippen LogP contribution in [-0.2, 0) is 14.6 Å². The predicted octanol–water partition coefficient (Wildman–Crippen LogP) is 1.44. The third kappa shape index (κ3) is 1.94. The molecule has 1 aliphatic carbocycles. The standard InChI is InChI=1S/C13H12FNO3S/c1-2-19(17,18)12-11(13(12,7-15)8-16)9-3-5-10(14)6-4-9/h3-6,8,11-12H,2H2,1H3/t11-,12-,13+/m0/s1. The molecule has 1 aliphatic rings. The van der Waals surface area contributed by atoms with E-state index in [-0.39, 0.29) is 5.75 Å². The molecule has 0 unspecified atom stereocenters. The van der Waals surface area contributed by atoms with E-state index in [1.165, 1.54) is 31.2 Å². The highest BCUT2D eigenvalue weighted by Crippen LogP contribution is 2.61. The van der Waals surface area contributed by atoms with Crippen molar-refractivity contribution >= 4 is 16.1 Å². The van der Waals surface area contributed by atoms with E-state index in [1.807, 2.05) is 6.07 Å². The number of benzene rings is 1. The van der Waals surface area contributed by atoms with E-state index in [0.29, 0.717) is 11.8 Å². The van der Waals surface area contributed by atoms with Crippen molar-refractivity contribution in [1.82, 2.24) is 0 Å². The lowest BCUT2D eigenvalue weighted by Gasteiger charge is -1.99. The summed E-state index contributed by atoms with van der Waals surface area (Å²) in [5.41, 5.74) is -1.04. The largest absolute Gasteiger partial charge is 0.302 e. The van der Waals surface area contributed by atoms with Gasteiger partial charge in [-0.1, -0.05) is 19.1 Å². The highest BCUT2D eigenvalue weighted by molar-refractivity contribution is 7.92. The Kier molecular flexibility index (Phi) is 3.19. The molecule has 1 aromatic carbocycles. The van der Waals surface area contributed by atoms with Crippen molar-refractivity contribution in [3.8, 4) is 6.07 Å². The average Bonchev–Trinajstić information content (AvgIpc) is 3.10. The number of sulfone groups is 1. The fourth-order valence-electron chi connectivity index (χ4n) is 2.48. The Morgan fingerprint density at radius 1 is 1.42 bits per heavy atom. The third-order valence-corrected chi connectivity index (χ3v) is 5.83. The van der Waals surface area contributed by atoms with Crippen molar-refractivity contribution in [3.05, 3.63) is 35.6 Å². The van der Waals surface area contributed by atoms with E-state index in [0.717, 1.165) is 0 Å². The molecule has 1 saturated carbocycles. The Labute approximate surface area is 110 Å². The van der Waals surface area contributed by atoms with Gasteiger partial charge < -0.3 is 4.79 Å². The number of aldehydes is 1. The second kappa shape index (κ2) is 4.42. The van der Waals surface area contributed by atoms with Gasteiger partial charge in [0, 0.05) is 11.7 Å². The molecule has 0 aliphatic heterocycles. The summed E-state index contributed by atoms with van der Waals surface area (Å²) in [6, 6.07) is 7.03. The van der Waals surface area contributed by atoms with Crippen LogP contribution in [0.15, 0.2) is 24.3 Å². The van der Waals surface area contributed by atoms with E-state index < -0.39 is 32.2 Å². The molecule has 0 radical (unpaired) electrons. The van der Waals surface area contributed by atoms with E-state index in [4.69, 9.17) is 5.26 Å². The number of rotatable bonds is 4. The van der Waals surface area contributed by atoms with Crippen molar-refractivity contribution in [1.29, 1.82) is 5.26 Å². The van der Waals surface area contributed by atoms with Crippen LogP contribution in [0.3, 0.4) is 0 Å². The zero-order valence-electron chi connectivity index (χ0n) is 10.2. The SMILES string of the molecule is CCS(=O)(=O)[C@H]1[C@H](c2ccc(F)cc2)[C@@]1(C#N)C=O. The first-order valence-corrected chi connectivity index (χ1v) is 7.49. The summed E-state index contributed by atoms with van der Waals surface area (Å²) in [6.07, 6.45) is 0.402. The van der Waals surface area contributed by atoms with Gasteiger partial charge >= 0.3 is 0 Å². The molecule has 4 nitrogen and oxygen atoms in total. The molecular weight excluding hydrogens is 269 g/mol. The van der Waals surface area contributed by atoms with Crippen molar-refractivity contribution in [2.75, 3.05) is 5.75 Å². The lowest BCUT2D eigenvalue weighted by atomic mass is 10.0. The second-order valence-corrected chi connectivity index (χ2v) is 6.97. The summed E-state index contributed by atoms with van der Waals surface area (Å²) in [6.45, 7) is 1.47.